The van der Waals surface area contributed by atoms with Crippen LogP contribution in [0.15, 0.2) is 10.1 Å². The standard InChI is InChI=1S/C9H8Cl4O2/c10-4-5(11)9(13)3-1-2(3)8(4,12)6(14)7(9)15/h2-3,6-7,14-15H,1H2. The van der Waals surface area contributed by atoms with Crippen LogP contribution in [0.5, 0.6) is 0 Å². The largest absolute Gasteiger partial charge is 0.388 e. The molecule has 0 saturated heterocycles. The summed E-state index contributed by atoms with van der Waals surface area (Å²) >= 11 is 24.7. The summed E-state index contributed by atoms with van der Waals surface area (Å²) < 4.78 is 0. The molecule has 0 radical (unpaired) electrons. The van der Waals surface area contributed by atoms with Gasteiger partial charge in [0.2, 0.25) is 0 Å². The van der Waals surface area contributed by atoms with Gasteiger partial charge in [-0.1, -0.05) is 23.2 Å². The zero-order valence-electron chi connectivity index (χ0n) is 7.42. The minimum Gasteiger partial charge on any atom is -0.388 e. The molecule has 4 rings (SSSR count). The van der Waals surface area contributed by atoms with Crippen molar-refractivity contribution in [1.29, 1.82) is 0 Å². The molecule has 0 aromatic rings. The Morgan fingerprint density at radius 3 is 1.60 bits per heavy atom. The molecule has 4 aliphatic rings. The molecule has 2 nitrogen and oxygen atoms in total. The molecule has 15 heavy (non-hydrogen) atoms. The lowest BCUT2D eigenvalue weighted by molar-refractivity contribution is -0.0498. The van der Waals surface area contributed by atoms with E-state index in [1.54, 1.807) is 0 Å². The molecule has 0 spiro atoms. The summed E-state index contributed by atoms with van der Waals surface area (Å²) in [5.41, 5.74) is 0. The summed E-state index contributed by atoms with van der Waals surface area (Å²) in [6.45, 7) is 0. The van der Waals surface area contributed by atoms with Crippen molar-refractivity contribution >= 4 is 46.4 Å². The van der Waals surface area contributed by atoms with Crippen molar-refractivity contribution in [2.24, 2.45) is 11.8 Å². The van der Waals surface area contributed by atoms with Crippen LogP contribution in [-0.2, 0) is 0 Å². The maximum atomic E-state index is 9.93. The Balaban J connectivity index is 2.27. The van der Waals surface area contributed by atoms with E-state index in [4.69, 9.17) is 46.4 Å². The van der Waals surface area contributed by atoms with Gasteiger partial charge in [-0.3, -0.25) is 0 Å². The van der Waals surface area contributed by atoms with Crippen LogP contribution in [0.1, 0.15) is 6.42 Å². The molecule has 2 bridgehead atoms. The third-order valence-corrected chi connectivity index (χ3v) is 6.57. The van der Waals surface area contributed by atoms with Crippen LogP contribution in [0.4, 0.5) is 0 Å². The van der Waals surface area contributed by atoms with Gasteiger partial charge in [0.25, 0.3) is 0 Å². The molecule has 2 saturated carbocycles. The van der Waals surface area contributed by atoms with Crippen molar-refractivity contribution in [3.8, 4) is 0 Å². The van der Waals surface area contributed by atoms with Crippen LogP contribution >= 0.6 is 46.4 Å². The second-order valence-electron chi connectivity index (χ2n) is 4.50. The van der Waals surface area contributed by atoms with Crippen LogP contribution in [0.25, 0.3) is 0 Å². The normalized spacial score (nSPS) is 62.0. The van der Waals surface area contributed by atoms with Crippen molar-refractivity contribution in [3.63, 3.8) is 0 Å². The molecule has 6 atom stereocenters. The van der Waals surface area contributed by atoms with Gasteiger partial charge in [-0.15, -0.1) is 23.2 Å². The number of hydrogen-bond donors (Lipinski definition) is 2. The second-order valence-corrected chi connectivity index (χ2v) is 6.51. The first-order valence-corrected chi connectivity index (χ1v) is 6.17. The van der Waals surface area contributed by atoms with E-state index in [2.05, 4.69) is 0 Å². The third-order valence-electron chi connectivity index (χ3n) is 3.90. The predicted molar refractivity (Wildman–Crippen MR) is 59.5 cm³/mol. The number of rotatable bonds is 0. The number of aliphatic hydroxyl groups is 2. The van der Waals surface area contributed by atoms with Gasteiger partial charge < -0.3 is 10.2 Å². The number of hydrogen-bond acceptors (Lipinski definition) is 2. The fourth-order valence-corrected chi connectivity index (χ4v) is 4.77. The molecule has 0 aromatic heterocycles. The summed E-state index contributed by atoms with van der Waals surface area (Å²) in [6.07, 6.45) is -1.57. The fourth-order valence-electron chi connectivity index (χ4n) is 2.94. The molecule has 84 valence electrons. The number of alkyl halides is 2. The second kappa shape index (κ2) is 2.80. The maximum Gasteiger partial charge on any atom is 0.113 e. The van der Waals surface area contributed by atoms with E-state index in [1.807, 2.05) is 0 Å². The molecular weight excluding hydrogens is 282 g/mol. The average Bonchev–Trinajstić information content (AvgIpc) is 3.00. The van der Waals surface area contributed by atoms with Gasteiger partial charge in [0, 0.05) is 0 Å². The molecule has 2 fully saturated rings. The van der Waals surface area contributed by atoms with Crippen molar-refractivity contribution in [2.45, 2.75) is 28.4 Å². The van der Waals surface area contributed by atoms with E-state index < -0.39 is 22.0 Å². The average molecular weight is 290 g/mol. The highest BCUT2D eigenvalue weighted by Crippen LogP contribution is 2.73. The monoisotopic (exact) mass is 288 g/mol. The van der Waals surface area contributed by atoms with Crippen LogP contribution in [0.3, 0.4) is 0 Å². The topological polar surface area (TPSA) is 40.5 Å². The number of aliphatic hydroxyl groups excluding tert-OH is 2. The highest BCUT2D eigenvalue weighted by molar-refractivity contribution is 6.50. The van der Waals surface area contributed by atoms with Gasteiger partial charge in [0.1, 0.15) is 22.0 Å². The summed E-state index contributed by atoms with van der Waals surface area (Å²) in [4.78, 5) is -2.28. The minimum absolute atomic E-state index is 0.0186. The molecule has 0 aliphatic heterocycles. The highest BCUT2D eigenvalue weighted by Gasteiger charge is 2.77. The summed E-state index contributed by atoms with van der Waals surface area (Å²) in [5.74, 6) is 0.0372. The fraction of sp³-hybridized carbons (Fsp3) is 0.778. The van der Waals surface area contributed by atoms with Gasteiger partial charge >= 0.3 is 0 Å². The van der Waals surface area contributed by atoms with Gasteiger partial charge in [-0.2, -0.15) is 0 Å². The highest BCUT2D eigenvalue weighted by atomic mass is 35.5. The molecule has 2 N–H and O–H groups in total. The van der Waals surface area contributed by atoms with Gasteiger partial charge in [-0.25, -0.2) is 0 Å². The van der Waals surface area contributed by atoms with Crippen LogP contribution in [0, 0.1) is 11.8 Å². The van der Waals surface area contributed by atoms with Crippen molar-refractivity contribution in [2.75, 3.05) is 0 Å². The molecule has 6 heteroatoms. The number of halogens is 4. The van der Waals surface area contributed by atoms with Gasteiger partial charge in [0.05, 0.1) is 10.1 Å². The Morgan fingerprint density at radius 1 is 0.933 bits per heavy atom. The predicted octanol–water partition coefficient (Wildman–Crippen LogP) is 2.02. The lowest BCUT2D eigenvalue weighted by Crippen LogP contribution is -2.65. The smallest absolute Gasteiger partial charge is 0.113 e. The van der Waals surface area contributed by atoms with E-state index >= 15 is 0 Å². The Labute approximate surface area is 107 Å². The van der Waals surface area contributed by atoms with E-state index in [1.165, 1.54) is 0 Å². The summed E-state index contributed by atoms with van der Waals surface area (Å²) in [7, 11) is 0. The molecular formula is C9H8Cl4O2. The first-order chi connectivity index (χ1) is 6.86. The quantitative estimate of drug-likeness (QED) is 0.670. The van der Waals surface area contributed by atoms with E-state index in [9.17, 15) is 10.2 Å². The zero-order valence-corrected chi connectivity index (χ0v) is 10.4. The van der Waals surface area contributed by atoms with Gasteiger partial charge in [0.15, 0.2) is 0 Å². The lowest BCUT2D eigenvalue weighted by Gasteiger charge is -2.52. The Morgan fingerprint density at radius 2 is 1.27 bits per heavy atom. The molecule has 6 unspecified atom stereocenters. The molecule has 0 amide bonds. The summed E-state index contributed by atoms with van der Waals surface area (Å²) in [6, 6.07) is 0. The molecule has 0 aromatic carbocycles. The van der Waals surface area contributed by atoms with Gasteiger partial charge in [-0.05, 0) is 18.3 Å². The molecule has 4 aliphatic carbocycles. The SMILES string of the molecule is OC1C(O)C2(Cl)C(Cl)=C(Cl)C1(Cl)C1CC12. The third kappa shape index (κ3) is 0.943. The van der Waals surface area contributed by atoms with Crippen LogP contribution in [0.2, 0.25) is 0 Å². The first kappa shape index (κ1) is 10.9. The van der Waals surface area contributed by atoms with E-state index in [-0.39, 0.29) is 21.9 Å². The Hall–Kier alpha value is 0.820. The summed E-state index contributed by atoms with van der Waals surface area (Å²) in [5, 5.41) is 20.3. The minimum atomic E-state index is -1.16. The van der Waals surface area contributed by atoms with Crippen LogP contribution < -0.4 is 0 Å². The van der Waals surface area contributed by atoms with Crippen molar-refractivity contribution in [3.05, 3.63) is 10.1 Å². The molecule has 0 heterocycles. The zero-order chi connectivity index (χ0) is 11.2. The van der Waals surface area contributed by atoms with E-state index in [0.717, 1.165) is 6.42 Å². The van der Waals surface area contributed by atoms with E-state index in [0.29, 0.717) is 0 Å². The lowest BCUT2D eigenvalue weighted by atomic mass is 9.70. The Bertz CT molecular complexity index is 350. The van der Waals surface area contributed by atoms with Crippen molar-refractivity contribution in [1.82, 2.24) is 0 Å². The number of fused-ring (bicyclic) bond motifs is 1. The van der Waals surface area contributed by atoms with Crippen molar-refractivity contribution < 1.29 is 10.2 Å². The van der Waals surface area contributed by atoms with Crippen LogP contribution in [-0.4, -0.2) is 32.2 Å². The Kier molecular flexibility index (Phi) is 2.04. The first-order valence-electron chi connectivity index (χ1n) is 4.66. The maximum absolute atomic E-state index is 9.93.